The Hall–Kier alpha value is -0.320. The Morgan fingerprint density at radius 2 is 2.06 bits per heavy atom. The lowest BCUT2D eigenvalue weighted by molar-refractivity contribution is -0.135. The van der Waals surface area contributed by atoms with Crippen molar-refractivity contribution < 1.29 is 4.79 Å². The van der Waals surface area contributed by atoms with E-state index in [1.807, 2.05) is 7.05 Å². The van der Waals surface area contributed by atoms with E-state index < -0.39 is 0 Å². The number of carbonyl (C=O) groups is 1. The van der Waals surface area contributed by atoms with Gasteiger partial charge in [0, 0.05) is 31.7 Å². The molecule has 2 rings (SSSR count). The zero-order valence-corrected chi connectivity index (χ0v) is 12.3. The van der Waals surface area contributed by atoms with Crippen molar-refractivity contribution in [3.05, 3.63) is 0 Å². The number of nitrogens with one attached hydrogen (secondary N) is 1. The van der Waals surface area contributed by atoms with Gasteiger partial charge >= 0.3 is 0 Å². The van der Waals surface area contributed by atoms with Crippen LogP contribution in [0.1, 0.15) is 32.6 Å². The van der Waals surface area contributed by atoms with Gasteiger partial charge in [0.2, 0.25) is 5.91 Å². The predicted molar refractivity (Wildman–Crippen MR) is 76.2 cm³/mol. The van der Waals surface area contributed by atoms with Gasteiger partial charge in [0.1, 0.15) is 0 Å². The van der Waals surface area contributed by atoms with Crippen LogP contribution in [0.5, 0.6) is 0 Å². The van der Waals surface area contributed by atoms with E-state index in [1.165, 1.54) is 25.7 Å². The average Bonchev–Trinajstić information content (AvgIpc) is 2.77. The second kappa shape index (κ2) is 7.31. The summed E-state index contributed by atoms with van der Waals surface area (Å²) in [7, 11) is 2.00. The molecular weight excluding hydrogens is 250 g/mol. The van der Waals surface area contributed by atoms with E-state index in [4.69, 9.17) is 0 Å². The van der Waals surface area contributed by atoms with Gasteiger partial charge in [-0.05, 0) is 39.7 Å². The summed E-state index contributed by atoms with van der Waals surface area (Å²) in [5, 5.41) is 3.29. The Kier molecular flexibility index (Phi) is 6.39. The first-order valence-electron chi connectivity index (χ1n) is 6.90. The summed E-state index contributed by atoms with van der Waals surface area (Å²) in [5.41, 5.74) is 0. The molecule has 18 heavy (non-hydrogen) atoms. The van der Waals surface area contributed by atoms with Crippen LogP contribution in [0.2, 0.25) is 0 Å². The van der Waals surface area contributed by atoms with Crippen molar-refractivity contribution in [2.24, 2.45) is 0 Å². The molecule has 0 aliphatic carbocycles. The van der Waals surface area contributed by atoms with Crippen LogP contribution >= 0.6 is 12.4 Å². The average molecular weight is 276 g/mol. The molecule has 5 heteroatoms. The number of piperidine rings is 1. The first kappa shape index (κ1) is 15.7. The molecule has 0 saturated carbocycles. The minimum absolute atomic E-state index is 0. The highest BCUT2D eigenvalue weighted by Crippen LogP contribution is 2.17. The van der Waals surface area contributed by atoms with Gasteiger partial charge in [0.15, 0.2) is 0 Å². The lowest BCUT2D eigenvalue weighted by atomic mass is 10.0. The molecule has 0 bridgehead atoms. The molecule has 1 amide bonds. The highest BCUT2D eigenvalue weighted by Gasteiger charge is 2.27. The molecule has 106 valence electrons. The lowest BCUT2D eigenvalue weighted by Gasteiger charge is -2.34. The molecule has 4 nitrogen and oxygen atoms in total. The van der Waals surface area contributed by atoms with Crippen molar-refractivity contribution in [1.82, 2.24) is 15.1 Å². The quantitative estimate of drug-likeness (QED) is 0.838. The molecule has 2 fully saturated rings. The molecule has 0 aromatic carbocycles. The molecule has 2 heterocycles. The zero-order chi connectivity index (χ0) is 12.3. The molecule has 2 unspecified atom stereocenters. The molecule has 0 radical (unpaired) electrons. The molecule has 2 aliphatic heterocycles. The minimum Gasteiger partial charge on any atom is -0.339 e. The van der Waals surface area contributed by atoms with E-state index in [2.05, 4.69) is 22.0 Å². The zero-order valence-electron chi connectivity index (χ0n) is 11.5. The van der Waals surface area contributed by atoms with Crippen LogP contribution in [-0.2, 0) is 4.79 Å². The number of likely N-dealkylation sites (tertiary alicyclic amines) is 2. The molecule has 1 N–H and O–H groups in total. The lowest BCUT2D eigenvalue weighted by Crippen LogP contribution is -2.46. The Morgan fingerprint density at radius 3 is 2.67 bits per heavy atom. The number of likely N-dealkylation sites (N-methyl/N-ethyl adjacent to an activating group) is 1. The minimum atomic E-state index is 0. The van der Waals surface area contributed by atoms with Crippen LogP contribution in [0.4, 0.5) is 0 Å². The Bertz CT molecular complexity index is 275. The second-order valence-corrected chi connectivity index (χ2v) is 5.44. The normalized spacial score (nSPS) is 29.1. The summed E-state index contributed by atoms with van der Waals surface area (Å²) in [5.74, 6) is 0.328. The van der Waals surface area contributed by atoms with Crippen LogP contribution in [0.15, 0.2) is 0 Å². The fourth-order valence-electron chi connectivity index (χ4n) is 2.96. The summed E-state index contributed by atoms with van der Waals surface area (Å²) >= 11 is 0. The van der Waals surface area contributed by atoms with Gasteiger partial charge in [0.25, 0.3) is 0 Å². The number of nitrogens with zero attached hydrogens (tertiary/aromatic N) is 2. The van der Waals surface area contributed by atoms with Crippen LogP contribution in [0.3, 0.4) is 0 Å². The first-order valence-corrected chi connectivity index (χ1v) is 6.90. The van der Waals surface area contributed by atoms with E-state index in [-0.39, 0.29) is 12.4 Å². The number of carbonyl (C=O) groups excluding carboxylic acids is 1. The maximum absolute atomic E-state index is 12.2. The molecule has 0 aromatic heterocycles. The number of amides is 1. The topological polar surface area (TPSA) is 35.6 Å². The van der Waals surface area contributed by atoms with Crippen LogP contribution < -0.4 is 5.32 Å². The van der Waals surface area contributed by atoms with Crippen LogP contribution in [0, 0.1) is 0 Å². The van der Waals surface area contributed by atoms with Gasteiger partial charge < -0.3 is 10.2 Å². The first-order chi connectivity index (χ1) is 8.20. The Labute approximate surface area is 116 Å². The van der Waals surface area contributed by atoms with Gasteiger partial charge in [0.05, 0.1) is 6.54 Å². The number of rotatable bonds is 3. The largest absolute Gasteiger partial charge is 0.339 e. The van der Waals surface area contributed by atoms with Crippen molar-refractivity contribution in [2.75, 3.05) is 33.2 Å². The summed E-state index contributed by atoms with van der Waals surface area (Å²) in [4.78, 5) is 16.6. The number of hydrogen-bond acceptors (Lipinski definition) is 3. The standard InChI is InChI=1S/C13H25N3O.ClH/c1-11-5-3-4-7-16(11)13(17)10-15-8-6-12(9-15)14-2;/h11-12,14H,3-10H2,1-2H3;1H. The van der Waals surface area contributed by atoms with Crippen molar-refractivity contribution in [3.63, 3.8) is 0 Å². The monoisotopic (exact) mass is 275 g/mol. The predicted octanol–water partition coefficient (Wildman–Crippen LogP) is 1.10. The molecular formula is C13H26ClN3O. The third-order valence-corrected chi connectivity index (χ3v) is 4.16. The Balaban J connectivity index is 0.00000162. The summed E-state index contributed by atoms with van der Waals surface area (Å²) < 4.78 is 0. The van der Waals surface area contributed by atoms with Gasteiger partial charge in [-0.25, -0.2) is 0 Å². The van der Waals surface area contributed by atoms with Gasteiger partial charge in [-0.1, -0.05) is 0 Å². The SMILES string of the molecule is CNC1CCN(CC(=O)N2CCCCC2C)C1.Cl. The summed E-state index contributed by atoms with van der Waals surface area (Å²) in [6, 6.07) is 1.01. The fourth-order valence-corrected chi connectivity index (χ4v) is 2.96. The molecule has 2 saturated heterocycles. The number of hydrogen-bond donors (Lipinski definition) is 1. The summed E-state index contributed by atoms with van der Waals surface area (Å²) in [6.45, 7) is 5.83. The van der Waals surface area contributed by atoms with E-state index >= 15 is 0 Å². The Morgan fingerprint density at radius 1 is 1.28 bits per heavy atom. The maximum Gasteiger partial charge on any atom is 0.236 e. The van der Waals surface area contributed by atoms with E-state index in [1.54, 1.807) is 0 Å². The van der Waals surface area contributed by atoms with Crippen molar-refractivity contribution in [3.8, 4) is 0 Å². The highest BCUT2D eigenvalue weighted by molar-refractivity contribution is 5.85. The molecule has 0 aromatic rings. The third kappa shape index (κ3) is 3.84. The smallest absolute Gasteiger partial charge is 0.236 e. The molecule has 0 spiro atoms. The molecule has 2 aliphatic rings. The van der Waals surface area contributed by atoms with Crippen LogP contribution in [-0.4, -0.2) is 61.0 Å². The highest BCUT2D eigenvalue weighted by atomic mass is 35.5. The van der Waals surface area contributed by atoms with Crippen molar-refractivity contribution >= 4 is 18.3 Å². The van der Waals surface area contributed by atoms with E-state index in [0.29, 0.717) is 24.5 Å². The van der Waals surface area contributed by atoms with E-state index in [0.717, 1.165) is 19.6 Å². The third-order valence-electron chi connectivity index (χ3n) is 4.16. The maximum atomic E-state index is 12.2. The van der Waals surface area contributed by atoms with Crippen molar-refractivity contribution in [2.45, 2.75) is 44.7 Å². The number of halogens is 1. The molecule has 2 atom stereocenters. The van der Waals surface area contributed by atoms with Gasteiger partial charge in [-0.2, -0.15) is 0 Å². The van der Waals surface area contributed by atoms with Gasteiger partial charge in [-0.3, -0.25) is 9.69 Å². The second-order valence-electron chi connectivity index (χ2n) is 5.44. The van der Waals surface area contributed by atoms with Crippen LogP contribution in [0.25, 0.3) is 0 Å². The fraction of sp³-hybridized carbons (Fsp3) is 0.923. The summed E-state index contributed by atoms with van der Waals surface area (Å²) in [6.07, 6.45) is 4.79. The van der Waals surface area contributed by atoms with Crippen molar-refractivity contribution in [1.29, 1.82) is 0 Å². The van der Waals surface area contributed by atoms with E-state index in [9.17, 15) is 4.79 Å². The van der Waals surface area contributed by atoms with Gasteiger partial charge in [-0.15, -0.1) is 12.4 Å².